The van der Waals surface area contributed by atoms with Gasteiger partial charge in [0.1, 0.15) is 5.01 Å². The van der Waals surface area contributed by atoms with Crippen LogP contribution in [0.3, 0.4) is 0 Å². The van der Waals surface area contributed by atoms with Gasteiger partial charge in [-0.3, -0.25) is 9.89 Å². The maximum atomic E-state index is 6.01. The largest absolute Gasteiger partial charge is 0.350 e. The number of nitrogens with one attached hydrogen (secondary N) is 1. The Labute approximate surface area is 179 Å². The molecule has 2 aromatic heterocycles. The van der Waals surface area contributed by atoms with Gasteiger partial charge in [-0.05, 0) is 19.1 Å². The van der Waals surface area contributed by atoms with Crippen LogP contribution in [0, 0.1) is 6.92 Å². The number of halogens is 2. The van der Waals surface area contributed by atoms with Crippen molar-refractivity contribution in [2.75, 3.05) is 33.2 Å². The summed E-state index contributed by atoms with van der Waals surface area (Å²) in [6, 6.07) is 4.10. The molecule has 1 N–H and O–H groups in total. The van der Waals surface area contributed by atoms with E-state index in [1.165, 1.54) is 9.75 Å². The average molecular weight is 512 g/mol. The Balaban J connectivity index is 0.00000225. The molecule has 5 nitrogen and oxygen atoms in total. The first-order chi connectivity index (χ1) is 11.6. The number of rotatable bonds is 4. The van der Waals surface area contributed by atoms with Crippen LogP contribution >= 0.6 is 58.3 Å². The van der Waals surface area contributed by atoms with E-state index in [-0.39, 0.29) is 24.0 Å². The molecule has 0 radical (unpaired) electrons. The zero-order valence-electron chi connectivity index (χ0n) is 14.4. The first-order valence-corrected chi connectivity index (χ1v) is 9.98. The van der Waals surface area contributed by atoms with Crippen molar-refractivity contribution in [1.29, 1.82) is 0 Å². The Hall–Kier alpha value is -0.420. The van der Waals surface area contributed by atoms with Crippen LogP contribution in [0.4, 0.5) is 0 Å². The highest BCUT2D eigenvalue weighted by Gasteiger charge is 2.20. The molecule has 3 heterocycles. The van der Waals surface area contributed by atoms with Crippen molar-refractivity contribution in [3.05, 3.63) is 37.4 Å². The van der Waals surface area contributed by atoms with Gasteiger partial charge in [0, 0.05) is 55.7 Å². The second kappa shape index (κ2) is 10.1. The van der Waals surface area contributed by atoms with Crippen LogP contribution < -0.4 is 5.32 Å². The summed E-state index contributed by atoms with van der Waals surface area (Å²) in [7, 11) is 1.84. The normalized spacial score (nSPS) is 16.0. The van der Waals surface area contributed by atoms with Gasteiger partial charge in [0.05, 0.1) is 10.9 Å². The van der Waals surface area contributed by atoms with Crippen LogP contribution in [0.2, 0.25) is 4.34 Å². The molecule has 2 aromatic rings. The summed E-state index contributed by atoms with van der Waals surface area (Å²) < 4.78 is 0.866. The Morgan fingerprint density at radius 2 is 2.04 bits per heavy atom. The topological polar surface area (TPSA) is 43.8 Å². The van der Waals surface area contributed by atoms with Crippen LogP contribution in [-0.2, 0) is 13.1 Å². The Kier molecular flexibility index (Phi) is 8.40. The summed E-state index contributed by atoms with van der Waals surface area (Å²) in [4.78, 5) is 16.2. The zero-order valence-corrected chi connectivity index (χ0v) is 19.1. The van der Waals surface area contributed by atoms with Crippen molar-refractivity contribution >= 4 is 64.2 Å². The van der Waals surface area contributed by atoms with Gasteiger partial charge < -0.3 is 10.2 Å². The molecular weight excluding hydrogens is 489 g/mol. The van der Waals surface area contributed by atoms with E-state index in [9.17, 15) is 0 Å². The lowest BCUT2D eigenvalue weighted by molar-refractivity contribution is 0.173. The van der Waals surface area contributed by atoms with E-state index >= 15 is 0 Å². The van der Waals surface area contributed by atoms with Crippen molar-refractivity contribution in [2.45, 2.75) is 20.0 Å². The molecule has 3 rings (SSSR count). The number of thiophene rings is 1. The summed E-state index contributed by atoms with van der Waals surface area (Å²) in [6.45, 7) is 7.83. The lowest BCUT2D eigenvalue weighted by atomic mass is 10.3. The molecule has 1 saturated heterocycles. The fourth-order valence-electron chi connectivity index (χ4n) is 2.75. The number of guanidine groups is 1. The number of piperazine rings is 1. The van der Waals surface area contributed by atoms with Crippen molar-refractivity contribution in [3.8, 4) is 0 Å². The fourth-order valence-corrected chi connectivity index (χ4v) is 4.60. The predicted molar refractivity (Wildman–Crippen MR) is 119 cm³/mol. The molecule has 9 heteroatoms. The summed E-state index contributed by atoms with van der Waals surface area (Å²) in [6.07, 6.45) is 1.92. The second-order valence-electron chi connectivity index (χ2n) is 5.73. The Morgan fingerprint density at radius 3 is 2.60 bits per heavy atom. The van der Waals surface area contributed by atoms with Gasteiger partial charge in [0.2, 0.25) is 0 Å². The molecule has 0 aromatic carbocycles. The second-order valence-corrected chi connectivity index (χ2v) is 8.85. The van der Waals surface area contributed by atoms with E-state index in [1.807, 2.05) is 19.3 Å². The fraction of sp³-hybridized carbons (Fsp3) is 0.500. The number of aliphatic imine (C=N–C) groups is 1. The minimum Gasteiger partial charge on any atom is -0.350 e. The number of thiazole rings is 1. The molecule has 1 fully saturated rings. The molecule has 138 valence electrons. The maximum Gasteiger partial charge on any atom is 0.194 e. The van der Waals surface area contributed by atoms with E-state index in [0.29, 0.717) is 0 Å². The first-order valence-electron chi connectivity index (χ1n) is 7.97. The van der Waals surface area contributed by atoms with Crippen LogP contribution in [0.25, 0.3) is 0 Å². The van der Waals surface area contributed by atoms with Gasteiger partial charge in [-0.25, -0.2) is 4.98 Å². The molecular formula is C16H23ClIN5S2. The zero-order chi connectivity index (χ0) is 16.9. The van der Waals surface area contributed by atoms with Crippen molar-refractivity contribution in [2.24, 2.45) is 4.99 Å². The van der Waals surface area contributed by atoms with E-state index in [2.05, 4.69) is 38.1 Å². The van der Waals surface area contributed by atoms with Gasteiger partial charge in [-0.15, -0.1) is 46.7 Å². The van der Waals surface area contributed by atoms with E-state index < -0.39 is 0 Å². The smallest absolute Gasteiger partial charge is 0.194 e. The minimum absolute atomic E-state index is 0. The third-order valence-corrected chi connectivity index (χ3v) is 6.09. The maximum absolute atomic E-state index is 6.01. The molecule has 0 unspecified atom stereocenters. The third-order valence-electron chi connectivity index (χ3n) is 3.96. The minimum atomic E-state index is 0. The molecule has 25 heavy (non-hydrogen) atoms. The molecule has 1 aliphatic heterocycles. The molecule has 0 spiro atoms. The molecule has 1 aliphatic rings. The summed E-state index contributed by atoms with van der Waals surface area (Å²) in [5.74, 6) is 0.960. The number of aryl methyl sites for hydroxylation is 1. The molecule has 0 saturated carbocycles. The van der Waals surface area contributed by atoms with E-state index in [4.69, 9.17) is 11.6 Å². The van der Waals surface area contributed by atoms with Crippen molar-refractivity contribution in [3.63, 3.8) is 0 Å². The van der Waals surface area contributed by atoms with Crippen LogP contribution in [0.5, 0.6) is 0 Å². The van der Waals surface area contributed by atoms with Gasteiger partial charge >= 0.3 is 0 Å². The number of aromatic nitrogens is 1. The standard InChI is InChI=1S/C16H22ClN5S2.HI/c1-12-9-19-15(23-12)10-20-16(18-2)22-7-5-21(6-8-22)11-13-3-4-14(17)24-13;/h3-4,9H,5-8,10-11H2,1-2H3,(H,18,20);1H. The monoisotopic (exact) mass is 511 g/mol. The lowest BCUT2D eigenvalue weighted by Gasteiger charge is -2.36. The quantitative estimate of drug-likeness (QED) is 0.386. The summed E-state index contributed by atoms with van der Waals surface area (Å²) in [5, 5.41) is 4.53. The van der Waals surface area contributed by atoms with E-state index in [1.54, 1.807) is 22.7 Å². The Morgan fingerprint density at radius 1 is 1.28 bits per heavy atom. The Bertz CT molecular complexity index is 694. The van der Waals surface area contributed by atoms with Gasteiger partial charge in [-0.1, -0.05) is 11.6 Å². The highest BCUT2D eigenvalue weighted by Crippen LogP contribution is 2.23. The van der Waals surface area contributed by atoms with Crippen LogP contribution in [0.1, 0.15) is 14.8 Å². The van der Waals surface area contributed by atoms with Gasteiger partial charge in [-0.2, -0.15) is 0 Å². The van der Waals surface area contributed by atoms with E-state index in [0.717, 1.165) is 54.6 Å². The van der Waals surface area contributed by atoms with Crippen molar-refractivity contribution < 1.29 is 0 Å². The molecule has 0 aliphatic carbocycles. The average Bonchev–Trinajstić information content (AvgIpc) is 3.18. The van der Waals surface area contributed by atoms with Gasteiger partial charge in [0.15, 0.2) is 5.96 Å². The van der Waals surface area contributed by atoms with Crippen molar-refractivity contribution in [1.82, 2.24) is 20.1 Å². The van der Waals surface area contributed by atoms with Crippen LogP contribution in [0.15, 0.2) is 23.3 Å². The number of hydrogen-bond acceptors (Lipinski definition) is 5. The number of nitrogens with zero attached hydrogens (tertiary/aromatic N) is 4. The van der Waals surface area contributed by atoms with Gasteiger partial charge in [0.25, 0.3) is 0 Å². The lowest BCUT2D eigenvalue weighted by Crippen LogP contribution is -2.51. The molecule has 0 atom stereocenters. The first kappa shape index (κ1) is 20.9. The summed E-state index contributed by atoms with van der Waals surface area (Å²) >= 11 is 9.41. The summed E-state index contributed by atoms with van der Waals surface area (Å²) in [5.41, 5.74) is 0. The SMILES string of the molecule is CN=C(NCc1ncc(C)s1)N1CCN(Cc2ccc(Cl)s2)CC1.I. The number of hydrogen-bond donors (Lipinski definition) is 1. The molecule has 0 amide bonds. The third kappa shape index (κ3) is 6.06. The highest BCUT2D eigenvalue weighted by molar-refractivity contribution is 14.0. The molecule has 0 bridgehead atoms. The highest BCUT2D eigenvalue weighted by atomic mass is 127. The van der Waals surface area contributed by atoms with Crippen LogP contribution in [-0.4, -0.2) is 54.0 Å². The predicted octanol–water partition coefficient (Wildman–Crippen LogP) is 3.68.